The molecule has 0 radical (unpaired) electrons. The van der Waals surface area contributed by atoms with Gasteiger partial charge in [-0.05, 0) is 12.5 Å². The Labute approximate surface area is 175 Å². The quantitative estimate of drug-likeness (QED) is 0.560. The molecule has 0 amide bonds. The Hall–Kier alpha value is -2.51. The Kier molecular flexibility index (Phi) is 4.79. The number of oxazole rings is 1. The number of piperazine rings is 1. The highest BCUT2D eigenvalue weighted by Gasteiger charge is 2.40. The zero-order valence-corrected chi connectivity index (χ0v) is 16.4. The van der Waals surface area contributed by atoms with E-state index < -0.39 is 35.7 Å². The first-order chi connectivity index (χ1) is 14.7. The number of nitrogens with zero attached hydrogens (tertiary/aromatic N) is 3. The van der Waals surface area contributed by atoms with Gasteiger partial charge in [0, 0.05) is 42.3 Å². The number of benzene rings is 1. The number of aliphatic hydroxyl groups excluding tert-OH is 1. The molecule has 3 saturated heterocycles. The monoisotopic (exact) mass is 462 g/mol. The number of aliphatic hydroxyl groups is 1. The predicted octanol–water partition coefficient (Wildman–Crippen LogP) is 3.70. The average molecular weight is 462 g/mol. The third kappa shape index (κ3) is 3.70. The number of hydrogen-bond donors (Lipinski definition) is 2. The van der Waals surface area contributed by atoms with Gasteiger partial charge < -0.3 is 24.5 Å². The molecule has 2 aromatic heterocycles. The van der Waals surface area contributed by atoms with Gasteiger partial charge in [0.25, 0.3) is 12.4 Å². The molecule has 3 aliphatic rings. The number of anilines is 1. The van der Waals surface area contributed by atoms with Crippen molar-refractivity contribution in [1.29, 1.82) is 0 Å². The average Bonchev–Trinajstić information content (AvgIpc) is 3.36. The molecule has 7 nitrogen and oxygen atoms in total. The SMILES string of the molecule is O[C@@H](c1cc(-c2nccs2)c2oc(N3CC4CC(C3)N4)nc2c1OC(F)(F)F)C(F)F. The summed E-state index contributed by atoms with van der Waals surface area (Å²) >= 11 is 1.14. The molecule has 2 bridgehead atoms. The molecule has 0 saturated carbocycles. The van der Waals surface area contributed by atoms with Crippen molar-refractivity contribution >= 4 is 28.5 Å². The van der Waals surface area contributed by atoms with E-state index in [1.54, 1.807) is 10.3 Å². The number of halogens is 5. The summed E-state index contributed by atoms with van der Waals surface area (Å²) in [6.45, 7) is 1.08. The summed E-state index contributed by atoms with van der Waals surface area (Å²) in [7, 11) is 0. The normalized spacial score (nSPS) is 22.1. The Balaban J connectivity index is 1.72. The van der Waals surface area contributed by atoms with Crippen molar-refractivity contribution in [2.45, 2.75) is 37.4 Å². The fourth-order valence-corrected chi connectivity index (χ4v) is 4.62. The Morgan fingerprint density at radius 1 is 1.29 bits per heavy atom. The van der Waals surface area contributed by atoms with Crippen molar-refractivity contribution in [3.8, 4) is 16.3 Å². The second kappa shape index (κ2) is 7.28. The van der Waals surface area contributed by atoms with E-state index in [0.717, 1.165) is 23.8 Å². The summed E-state index contributed by atoms with van der Waals surface area (Å²) in [5.74, 6) is -1.01. The lowest BCUT2D eigenvalue weighted by molar-refractivity contribution is -0.274. The first kappa shape index (κ1) is 20.4. The molecule has 2 unspecified atom stereocenters. The van der Waals surface area contributed by atoms with Crippen LogP contribution in [0, 0.1) is 0 Å². The minimum atomic E-state index is -5.19. The Morgan fingerprint density at radius 3 is 2.58 bits per heavy atom. The number of hydrogen-bond acceptors (Lipinski definition) is 8. The van der Waals surface area contributed by atoms with E-state index in [0.29, 0.717) is 18.1 Å². The van der Waals surface area contributed by atoms with Crippen LogP contribution in [0.15, 0.2) is 22.1 Å². The number of alkyl halides is 5. The zero-order valence-electron chi connectivity index (χ0n) is 15.6. The second-order valence-electron chi connectivity index (χ2n) is 7.38. The largest absolute Gasteiger partial charge is 0.573 e. The molecule has 3 aromatic rings. The highest BCUT2D eigenvalue weighted by atomic mass is 32.1. The van der Waals surface area contributed by atoms with E-state index in [1.165, 1.54) is 6.20 Å². The van der Waals surface area contributed by atoms with E-state index in [1.807, 2.05) is 0 Å². The summed E-state index contributed by atoms with van der Waals surface area (Å²) in [5.41, 5.74) is -1.08. The lowest BCUT2D eigenvalue weighted by atomic mass is 9.92. The fraction of sp³-hybridized carbons (Fsp3) is 0.444. The summed E-state index contributed by atoms with van der Waals surface area (Å²) in [6, 6.07) is 1.48. The Bertz CT molecular complexity index is 1090. The van der Waals surface area contributed by atoms with Gasteiger partial charge in [-0.3, -0.25) is 0 Å². The van der Waals surface area contributed by atoms with Crippen LogP contribution in [0.1, 0.15) is 18.1 Å². The molecule has 2 N–H and O–H groups in total. The smallest absolute Gasteiger partial charge is 0.422 e. The van der Waals surface area contributed by atoms with Gasteiger partial charge >= 0.3 is 6.36 Å². The minimum absolute atomic E-state index is 0.0553. The number of nitrogens with one attached hydrogen (secondary N) is 1. The number of thiazole rings is 1. The van der Waals surface area contributed by atoms with Crippen LogP contribution in [0.2, 0.25) is 0 Å². The first-order valence-electron chi connectivity index (χ1n) is 9.30. The molecule has 3 atom stereocenters. The van der Waals surface area contributed by atoms with Gasteiger partial charge in [0.2, 0.25) is 0 Å². The maximum Gasteiger partial charge on any atom is 0.573 e. The molecule has 6 rings (SSSR count). The molecule has 3 fully saturated rings. The van der Waals surface area contributed by atoms with Crippen LogP contribution in [0.5, 0.6) is 5.75 Å². The van der Waals surface area contributed by atoms with E-state index >= 15 is 0 Å². The van der Waals surface area contributed by atoms with Gasteiger partial charge in [-0.15, -0.1) is 24.5 Å². The molecule has 13 heteroatoms. The summed E-state index contributed by atoms with van der Waals surface area (Å²) in [4.78, 5) is 10.1. The third-order valence-electron chi connectivity index (χ3n) is 5.27. The van der Waals surface area contributed by atoms with Crippen LogP contribution >= 0.6 is 11.3 Å². The summed E-state index contributed by atoms with van der Waals surface area (Å²) in [6.07, 6.45) is -8.62. The van der Waals surface area contributed by atoms with Crippen molar-refractivity contribution in [3.63, 3.8) is 0 Å². The van der Waals surface area contributed by atoms with E-state index in [9.17, 15) is 27.1 Å². The molecule has 3 aliphatic heterocycles. The van der Waals surface area contributed by atoms with E-state index in [4.69, 9.17) is 4.42 Å². The summed E-state index contributed by atoms with van der Waals surface area (Å²) in [5, 5.41) is 15.2. The molecular weight excluding hydrogens is 447 g/mol. The van der Waals surface area contributed by atoms with E-state index in [2.05, 4.69) is 20.0 Å². The molecule has 5 heterocycles. The zero-order chi connectivity index (χ0) is 21.9. The van der Waals surface area contributed by atoms with Gasteiger partial charge in [0.05, 0.1) is 5.56 Å². The second-order valence-corrected chi connectivity index (χ2v) is 8.28. The van der Waals surface area contributed by atoms with Crippen molar-refractivity contribution < 1.29 is 36.2 Å². The number of fused-ring (bicyclic) bond motifs is 3. The lowest BCUT2D eigenvalue weighted by Gasteiger charge is -2.47. The van der Waals surface area contributed by atoms with Crippen molar-refractivity contribution in [2.24, 2.45) is 0 Å². The lowest BCUT2D eigenvalue weighted by Crippen LogP contribution is -2.67. The highest BCUT2D eigenvalue weighted by Crippen LogP contribution is 2.45. The van der Waals surface area contributed by atoms with Crippen molar-refractivity contribution in [3.05, 3.63) is 23.2 Å². The Morgan fingerprint density at radius 2 is 2.00 bits per heavy atom. The van der Waals surface area contributed by atoms with Gasteiger partial charge in [-0.1, -0.05) is 0 Å². The highest BCUT2D eigenvalue weighted by molar-refractivity contribution is 7.13. The van der Waals surface area contributed by atoms with Crippen LogP contribution in [0.3, 0.4) is 0 Å². The molecule has 31 heavy (non-hydrogen) atoms. The number of aromatic nitrogens is 2. The third-order valence-corrected chi connectivity index (χ3v) is 6.07. The molecule has 0 aliphatic carbocycles. The number of piperidine rings is 1. The van der Waals surface area contributed by atoms with Crippen LogP contribution < -0.4 is 15.0 Å². The molecule has 1 aromatic carbocycles. The van der Waals surface area contributed by atoms with Gasteiger partial charge in [0.1, 0.15) is 11.1 Å². The number of rotatable bonds is 5. The molecule has 0 spiro atoms. The van der Waals surface area contributed by atoms with E-state index in [-0.39, 0.29) is 29.2 Å². The van der Waals surface area contributed by atoms with Crippen LogP contribution in [0.25, 0.3) is 21.7 Å². The maximum absolute atomic E-state index is 13.3. The standard InChI is InChI=1S/C18H15F5N4O3S/c19-15(20)12(28)9-4-10(16-24-1-2-31-16)13-11(14(9)30-18(21,22)23)26-17(29-13)27-5-7-3-8(6-27)25-7/h1-2,4,7-8,12,15,25,28H,3,5-6H2/t7?,8?,12-/m0/s1. The van der Waals surface area contributed by atoms with Gasteiger partial charge in [-0.2, -0.15) is 4.98 Å². The fourth-order valence-electron chi connectivity index (χ4n) is 3.97. The molecular formula is C18H15F5N4O3S. The van der Waals surface area contributed by atoms with Crippen LogP contribution in [-0.4, -0.2) is 53.0 Å². The molecule has 166 valence electrons. The minimum Gasteiger partial charge on any atom is -0.422 e. The topological polar surface area (TPSA) is 83.7 Å². The van der Waals surface area contributed by atoms with Crippen LogP contribution in [-0.2, 0) is 0 Å². The van der Waals surface area contributed by atoms with Crippen molar-refractivity contribution in [2.75, 3.05) is 18.0 Å². The first-order valence-corrected chi connectivity index (χ1v) is 10.2. The number of ether oxygens (including phenoxy) is 1. The van der Waals surface area contributed by atoms with Gasteiger partial charge in [0.15, 0.2) is 16.8 Å². The van der Waals surface area contributed by atoms with Crippen LogP contribution in [0.4, 0.5) is 28.0 Å². The summed E-state index contributed by atoms with van der Waals surface area (Å²) < 4.78 is 75.8. The van der Waals surface area contributed by atoms with Crippen molar-refractivity contribution in [1.82, 2.24) is 15.3 Å². The van der Waals surface area contributed by atoms with Gasteiger partial charge in [-0.25, -0.2) is 13.8 Å². The predicted molar refractivity (Wildman–Crippen MR) is 100 cm³/mol. The maximum atomic E-state index is 13.3.